The van der Waals surface area contributed by atoms with Gasteiger partial charge in [-0.25, -0.2) is 14.8 Å². The van der Waals surface area contributed by atoms with Crippen molar-refractivity contribution in [2.75, 3.05) is 10.6 Å². The number of urea groups is 1. The number of benzene rings is 4. The summed E-state index contributed by atoms with van der Waals surface area (Å²) in [6.45, 7) is 0.444. The second kappa shape index (κ2) is 9.79. The SMILES string of the molecule is O=C(NCc1ccccc1)Nc1cccc(-c2nc(Nc3ccc4[nH]ncc4c3)c3ccccc3n2)c1. The molecule has 0 radical (unpaired) electrons. The summed E-state index contributed by atoms with van der Waals surface area (Å²) in [4.78, 5) is 22.1. The number of H-pyrrole nitrogens is 1. The van der Waals surface area contributed by atoms with Crippen LogP contribution in [0.3, 0.4) is 0 Å². The van der Waals surface area contributed by atoms with E-state index in [2.05, 4.69) is 26.1 Å². The minimum Gasteiger partial charge on any atom is -0.340 e. The molecular weight excluding hydrogens is 462 g/mol. The predicted octanol–water partition coefficient (Wildman–Crippen LogP) is 6.24. The molecule has 6 aromatic rings. The Bertz CT molecular complexity index is 1710. The first kappa shape index (κ1) is 22.2. The first-order chi connectivity index (χ1) is 18.2. The number of anilines is 3. The topological polar surface area (TPSA) is 108 Å². The Hall–Kier alpha value is -5.24. The number of hydrogen-bond acceptors (Lipinski definition) is 5. The van der Waals surface area contributed by atoms with E-state index in [4.69, 9.17) is 9.97 Å². The summed E-state index contributed by atoms with van der Waals surface area (Å²) in [5.74, 6) is 1.25. The van der Waals surface area contributed by atoms with Crippen molar-refractivity contribution in [3.63, 3.8) is 0 Å². The number of aromatic amines is 1. The van der Waals surface area contributed by atoms with Crippen LogP contribution in [0.25, 0.3) is 33.2 Å². The third kappa shape index (κ3) is 4.94. The quantitative estimate of drug-likeness (QED) is 0.223. The molecule has 180 valence electrons. The van der Waals surface area contributed by atoms with Gasteiger partial charge in [-0.2, -0.15) is 5.10 Å². The second-order valence-electron chi connectivity index (χ2n) is 8.58. The molecule has 2 aromatic heterocycles. The van der Waals surface area contributed by atoms with Gasteiger partial charge in [-0.15, -0.1) is 0 Å². The number of fused-ring (bicyclic) bond motifs is 2. The van der Waals surface area contributed by atoms with E-state index in [0.717, 1.165) is 38.6 Å². The summed E-state index contributed by atoms with van der Waals surface area (Å²) < 4.78 is 0. The zero-order valence-corrected chi connectivity index (χ0v) is 19.8. The van der Waals surface area contributed by atoms with Crippen molar-refractivity contribution < 1.29 is 4.79 Å². The first-order valence-corrected chi connectivity index (χ1v) is 11.9. The van der Waals surface area contributed by atoms with Crippen LogP contribution in [0, 0.1) is 0 Å². The van der Waals surface area contributed by atoms with Crippen molar-refractivity contribution in [2.24, 2.45) is 0 Å². The number of carbonyl (C=O) groups excluding carboxylic acids is 1. The lowest BCUT2D eigenvalue weighted by Crippen LogP contribution is -2.28. The molecule has 0 saturated heterocycles. The van der Waals surface area contributed by atoms with Gasteiger partial charge in [0.25, 0.3) is 0 Å². The lowest BCUT2D eigenvalue weighted by molar-refractivity contribution is 0.251. The average molecular weight is 486 g/mol. The molecule has 0 saturated carbocycles. The van der Waals surface area contributed by atoms with E-state index < -0.39 is 0 Å². The van der Waals surface area contributed by atoms with Crippen LogP contribution in [0.1, 0.15) is 5.56 Å². The molecule has 0 unspecified atom stereocenters. The standard InChI is InChI=1S/C29H23N7O/c37-29(30-17-19-7-2-1-3-8-19)33-22-10-6-9-20(15-22)27-34-26-12-5-4-11-24(26)28(35-27)32-23-13-14-25-21(16-23)18-31-36-25/h1-16,18H,17H2,(H,31,36)(H2,30,33,37)(H,32,34,35). The maximum absolute atomic E-state index is 12.5. The minimum atomic E-state index is -0.280. The van der Waals surface area contributed by atoms with E-state index in [0.29, 0.717) is 23.9 Å². The van der Waals surface area contributed by atoms with E-state index >= 15 is 0 Å². The molecule has 4 aromatic carbocycles. The molecule has 2 amide bonds. The fraction of sp³-hybridized carbons (Fsp3) is 0.0345. The van der Waals surface area contributed by atoms with Crippen molar-refractivity contribution in [3.05, 3.63) is 109 Å². The summed E-state index contributed by atoms with van der Waals surface area (Å²) in [6, 6.07) is 30.9. The molecule has 0 bridgehead atoms. The number of carbonyl (C=O) groups is 1. The Kier molecular flexibility index (Phi) is 5.88. The Labute approximate surface area is 212 Å². The Morgan fingerprint density at radius 3 is 2.59 bits per heavy atom. The van der Waals surface area contributed by atoms with Gasteiger partial charge in [0.15, 0.2) is 5.82 Å². The highest BCUT2D eigenvalue weighted by molar-refractivity contribution is 5.94. The molecular formula is C29H23N7O. The van der Waals surface area contributed by atoms with Crippen LogP contribution >= 0.6 is 0 Å². The van der Waals surface area contributed by atoms with Gasteiger partial charge in [-0.05, 0) is 48.0 Å². The Morgan fingerprint density at radius 2 is 1.68 bits per heavy atom. The highest BCUT2D eigenvalue weighted by Gasteiger charge is 2.11. The molecule has 8 heteroatoms. The number of nitrogens with zero attached hydrogens (tertiary/aromatic N) is 3. The normalized spacial score (nSPS) is 10.9. The number of nitrogens with one attached hydrogen (secondary N) is 4. The first-order valence-electron chi connectivity index (χ1n) is 11.9. The monoisotopic (exact) mass is 485 g/mol. The van der Waals surface area contributed by atoms with Crippen molar-refractivity contribution >= 4 is 45.0 Å². The lowest BCUT2D eigenvalue weighted by atomic mass is 10.1. The number of rotatable bonds is 6. The van der Waals surface area contributed by atoms with E-state index in [1.54, 1.807) is 6.20 Å². The number of hydrogen-bond donors (Lipinski definition) is 4. The lowest BCUT2D eigenvalue weighted by Gasteiger charge is -2.12. The second-order valence-corrected chi connectivity index (χ2v) is 8.58. The van der Waals surface area contributed by atoms with Gasteiger partial charge in [0.2, 0.25) is 0 Å². The fourth-order valence-electron chi connectivity index (χ4n) is 4.15. The van der Waals surface area contributed by atoms with Crippen LogP contribution < -0.4 is 16.0 Å². The largest absolute Gasteiger partial charge is 0.340 e. The molecule has 0 aliphatic carbocycles. The zero-order valence-electron chi connectivity index (χ0n) is 19.8. The van der Waals surface area contributed by atoms with Gasteiger partial charge in [-0.3, -0.25) is 5.10 Å². The molecule has 0 aliphatic heterocycles. The van der Waals surface area contributed by atoms with Crippen molar-refractivity contribution in [2.45, 2.75) is 6.54 Å². The number of amides is 2. The van der Waals surface area contributed by atoms with Crippen molar-refractivity contribution in [1.29, 1.82) is 0 Å². The maximum Gasteiger partial charge on any atom is 0.319 e. The molecule has 6 rings (SSSR count). The minimum absolute atomic E-state index is 0.280. The zero-order chi connectivity index (χ0) is 25.0. The highest BCUT2D eigenvalue weighted by atomic mass is 16.2. The van der Waals surface area contributed by atoms with E-state index in [-0.39, 0.29) is 6.03 Å². The number of para-hydroxylation sites is 1. The molecule has 8 nitrogen and oxygen atoms in total. The van der Waals surface area contributed by atoms with Crippen LogP contribution in [-0.2, 0) is 6.54 Å². The van der Waals surface area contributed by atoms with Gasteiger partial charge in [0, 0.05) is 34.3 Å². The van der Waals surface area contributed by atoms with Crippen LogP contribution in [0.15, 0.2) is 103 Å². The summed E-state index contributed by atoms with van der Waals surface area (Å²) in [7, 11) is 0. The van der Waals surface area contributed by atoms with E-state index in [1.807, 2.05) is 97.1 Å². The third-order valence-electron chi connectivity index (χ3n) is 5.98. The highest BCUT2D eigenvalue weighted by Crippen LogP contribution is 2.29. The molecule has 2 heterocycles. The summed E-state index contributed by atoms with van der Waals surface area (Å²) in [6.07, 6.45) is 1.79. The molecule has 37 heavy (non-hydrogen) atoms. The average Bonchev–Trinajstić information content (AvgIpc) is 3.41. The van der Waals surface area contributed by atoms with Crippen LogP contribution in [-0.4, -0.2) is 26.2 Å². The Balaban J connectivity index is 1.27. The van der Waals surface area contributed by atoms with Crippen molar-refractivity contribution in [1.82, 2.24) is 25.5 Å². The maximum atomic E-state index is 12.5. The molecule has 0 atom stereocenters. The molecule has 4 N–H and O–H groups in total. The Morgan fingerprint density at radius 1 is 0.811 bits per heavy atom. The molecule has 0 fully saturated rings. The van der Waals surface area contributed by atoms with Crippen LogP contribution in [0.5, 0.6) is 0 Å². The number of aromatic nitrogens is 4. The van der Waals surface area contributed by atoms with Crippen LogP contribution in [0.4, 0.5) is 22.0 Å². The van der Waals surface area contributed by atoms with Gasteiger partial charge in [-0.1, -0.05) is 54.6 Å². The fourth-order valence-corrected chi connectivity index (χ4v) is 4.15. The summed E-state index contributed by atoms with van der Waals surface area (Å²) in [5.41, 5.74) is 5.16. The van der Waals surface area contributed by atoms with Crippen LogP contribution in [0.2, 0.25) is 0 Å². The van der Waals surface area contributed by atoms with Gasteiger partial charge in [0.1, 0.15) is 5.82 Å². The summed E-state index contributed by atoms with van der Waals surface area (Å²) >= 11 is 0. The van der Waals surface area contributed by atoms with Crippen molar-refractivity contribution in [3.8, 4) is 11.4 Å². The van der Waals surface area contributed by atoms with Gasteiger partial charge in [0.05, 0.1) is 17.2 Å². The molecule has 0 spiro atoms. The van der Waals surface area contributed by atoms with E-state index in [1.165, 1.54) is 0 Å². The molecule has 0 aliphatic rings. The van der Waals surface area contributed by atoms with Gasteiger partial charge >= 0.3 is 6.03 Å². The smallest absolute Gasteiger partial charge is 0.319 e. The van der Waals surface area contributed by atoms with E-state index in [9.17, 15) is 4.79 Å². The summed E-state index contributed by atoms with van der Waals surface area (Å²) in [5, 5.41) is 18.2. The third-order valence-corrected chi connectivity index (χ3v) is 5.98. The predicted molar refractivity (Wildman–Crippen MR) is 147 cm³/mol. The van der Waals surface area contributed by atoms with Gasteiger partial charge < -0.3 is 16.0 Å².